The molecular formula is C15H11ClN2O2S2. The lowest BCUT2D eigenvalue weighted by molar-refractivity contribution is -0.132. The van der Waals surface area contributed by atoms with Gasteiger partial charge >= 0.3 is 5.97 Å². The number of aromatic nitrogens is 2. The largest absolute Gasteiger partial charge is 0.478 e. The second-order valence-electron chi connectivity index (χ2n) is 4.55. The van der Waals surface area contributed by atoms with Gasteiger partial charge < -0.3 is 5.11 Å². The third kappa shape index (κ3) is 3.04. The number of benzene rings is 1. The normalized spacial score (nSPS) is 12.0. The Hall–Kier alpha value is -1.76. The number of halogens is 1. The highest BCUT2D eigenvalue weighted by Gasteiger charge is 2.14. The van der Waals surface area contributed by atoms with Crippen molar-refractivity contribution < 1.29 is 9.90 Å². The van der Waals surface area contributed by atoms with Gasteiger partial charge in [-0.1, -0.05) is 23.4 Å². The van der Waals surface area contributed by atoms with E-state index in [1.165, 1.54) is 23.1 Å². The predicted octanol–water partition coefficient (Wildman–Crippen LogP) is 4.69. The van der Waals surface area contributed by atoms with Crippen LogP contribution < -0.4 is 0 Å². The summed E-state index contributed by atoms with van der Waals surface area (Å²) >= 11 is 8.89. The Labute approximate surface area is 140 Å². The van der Waals surface area contributed by atoms with Crippen LogP contribution in [0, 0.1) is 0 Å². The van der Waals surface area contributed by atoms with Crippen LogP contribution in [-0.4, -0.2) is 20.5 Å². The Morgan fingerprint density at radius 1 is 1.41 bits per heavy atom. The number of hydrogen-bond acceptors (Lipinski definition) is 4. The van der Waals surface area contributed by atoms with Crippen molar-refractivity contribution in [3.05, 3.63) is 52.1 Å². The molecule has 4 nitrogen and oxygen atoms in total. The molecule has 2 aromatic heterocycles. The van der Waals surface area contributed by atoms with Crippen LogP contribution in [0.3, 0.4) is 0 Å². The fourth-order valence-corrected chi connectivity index (χ4v) is 3.67. The molecule has 0 unspecified atom stereocenters. The maximum atomic E-state index is 11.1. The van der Waals surface area contributed by atoms with E-state index < -0.39 is 5.97 Å². The third-order valence-corrected chi connectivity index (χ3v) is 4.99. The number of imidazole rings is 1. The Morgan fingerprint density at radius 2 is 2.14 bits per heavy atom. The molecule has 22 heavy (non-hydrogen) atoms. The van der Waals surface area contributed by atoms with Crippen LogP contribution >= 0.6 is 34.7 Å². The van der Waals surface area contributed by atoms with Gasteiger partial charge in [0, 0.05) is 27.1 Å². The summed E-state index contributed by atoms with van der Waals surface area (Å²) in [5.74, 6) is -0.937. The van der Waals surface area contributed by atoms with Crippen molar-refractivity contribution in [3.63, 3.8) is 0 Å². The van der Waals surface area contributed by atoms with E-state index in [9.17, 15) is 4.79 Å². The molecule has 0 aliphatic rings. The molecule has 0 aliphatic carbocycles. The number of nitrogens with zero attached hydrogens (tertiary/aromatic N) is 2. The van der Waals surface area contributed by atoms with Crippen molar-refractivity contribution in [2.24, 2.45) is 0 Å². The van der Waals surface area contributed by atoms with Crippen molar-refractivity contribution >= 4 is 51.7 Å². The van der Waals surface area contributed by atoms with E-state index in [1.807, 2.05) is 40.2 Å². The number of aliphatic carboxylic acids is 1. The summed E-state index contributed by atoms with van der Waals surface area (Å²) in [7, 11) is 0. The SMILES string of the molecule is C/C(=C\c1c(Sc2ccc(Cl)cc2)nc2sccn12)C(=O)O. The van der Waals surface area contributed by atoms with Gasteiger partial charge in [-0.25, -0.2) is 9.78 Å². The van der Waals surface area contributed by atoms with Gasteiger partial charge in [0.05, 0.1) is 5.69 Å². The fraction of sp³-hybridized carbons (Fsp3) is 0.0667. The van der Waals surface area contributed by atoms with Crippen molar-refractivity contribution in [2.45, 2.75) is 16.8 Å². The average Bonchev–Trinajstić information content (AvgIpc) is 3.04. The van der Waals surface area contributed by atoms with Gasteiger partial charge in [0.15, 0.2) is 4.96 Å². The number of thiazole rings is 1. The molecule has 112 valence electrons. The smallest absolute Gasteiger partial charge is 0.331 e. The van der Waals surface area contributed by atoms with Gasteiger partial charge in [0.2, 0.25) is 0 Å². The topological polar surface area (TPSA) is 54.6 Å². The molecule has 0 atom stereocenters. The zero-order valence-electron chi connectivity index (χ0n) is 11.5. The molecule has 0 saturated heterocycles. The van der Waals surface area contributed by atoms with Crippen molar-refractivity contribution in [2.75, 3.05) is 0 Å². The third-order valence-electron chi connectivity index (χ3n) is 2.98. The maximum Gasteiger partial charge on any atom is 0.331 e. The number of rotatable bonds is 4. The number of hydrogen-bond donors (Lipinski definition) is 1. The molecule has 0 aliphatic heterocycles. The van der Waals surface area contributed by atoms with Crippen molar-refractivity contribution in [1.29, 1.82) is 0 Å². The van der Waals surface area contributed by atoms with Gasteiger partial charge in [-0.05, 0) is 37.3 Å². The molecule has 1 N–H and O–H groups in total. The number of carbonyl (C=O) groups is 1. The summed E-state index contributed by atoms with van der Waals surface area (Å²) in [5, 5.41) is 12.5. The number of fused-ring (bicyclic) bond motifs is 1. The minimum absolute atomic E-state index is 0.269. The molecular weight excluding hydrogens is 340 g/mol. The highest BCUT2D eigenvalue weighted by Crippen LogP contribution is 2.33. The molecule has 3 rings (SSSR count). The zero-order valence-corrected chi connectivity index (χ0v) is 13.9. The summed E-state index contributed by atoms with van der Waals surface area (Å²) < 4.78 is 1.90. The fourth-order valence-electron chi connectivity index (χ4n) is 1.87. The van der Waals surface area contributed by atoms with Crippen LogP contribution in [0.1, 0.15) is 12.6 Å². The Bertz CT molecular complexity index is 865. The predicted molar refractivity (Wildman–Crippen MR) is 89.9 cm³/mol. The van der Waals surface area contributed by atoms with Gasteiger partial charge in [-0.2, -0.15) is 0 Å². The Morgan fingerprint density at radius 3 is 2.82 bits per heavy atom. The first-order valence-electron chi connectivity index (χ1n) is 6.35. The molecule has 0 fully saturated rings. The van der Waals surface area contributed by atoms with E-state index >= 15 is 0 Å². The van der Waals surface area contributed by atoms with Crippen molar-refractivity contribution in [3.8, 4) is 0 Å². The molecule has 3 aromatic rings. The number of carboxylic acids is 1. The van der Waals surface area contributed by atoms with Gasteiger partial charge in [0.1, 0.15) is 5.03 Å². The van der Waals surface area contributed by atoms with E-state index in [2.05, 4.69) is 4.98 Å². The van der Waals surface area contributed by atoms with Gasteiger partial charge in [-0.15, -0.1) is 11.3 Å². The second kappa shape index (κ2) is 6.16. The first-order valence-corrected chi connectivity index (χ1v) is 8.42. The molecule has 0 radical (unpaired) electrons. The standard InChI is InChI=1S/C15H11ClN2O2S2/c1-9(14(19)20)8-12-13(17-15-18(12)6-7-21-15)22-11-4-2-10(16)3-5-11/h2-8H,1H3,(H,19,20)/b9-8+. The highest BCUT2D eigenvalue weighted by molar-refractivity contribution is 7.99. The van der Waals surface area contributed by atoms with Crippen LogP contribution in [0.2, 0.25) is 5.02 Å². The summed E-state index contributed by atoms with van der Waals surface area (Å²) in [6.45, 7) is 1.57. The van der Waals surface area contributed by atoms with E-state index in [4.69, 9.17) is 16.7 Å². The first-order chi connectivity index (χ1) is 10.5. The zero-order chi connectivity index (χ0) is 15.7. The monoisotopic (exact) mass is 350 g/mol. The van der Waals surface area contributed by atoms with E-state index in [1.54, 1.807) is 13.0 Å². The molecule has 0 amide bonds. The summed E-state index contributed by atoms with van der Waals surface area (Å²) in [4.78, 5) is 17.5. The van der Waals surface area contributed by atoms with Crippen LogP contribution in [-0.2, 0) is 4.79 Å². The van der Waals surface area contributed by atoms with E-state index in [-0.39, 0.29) is 5.57 Å². The lowest BCUT2D eigenvalue weighted by atomic mass is 10.2. The molecule has 0 bridgehead atoms. The molecule has 0 spiro atoms. The Balaban J connectivity index is 2.05. The summed E-state index contributed by atoms with van der Waals surface area (Å²) in [6.07, 6.45) is 3.53. The van der Waals surface area contributed by atoms with E-state index in [0.29, 0.717) is 5.02 Å². The molecule has 2 heterocycles. The maximum absolute atomic E-state index is 11.1. The second-order valence-corrected chi connectivity index (χ2v) is 6.92. The van der Waals surface area contributed by atoms with Crippen LogP contribution in [0.25, 0.3) is 11.0 Å². The lowest BCUT2D eigenvalue weighted by Crippen LogP contribution is -1.96. The van der Waals surface area contributed by atoms with Crippen LogP contribution in [0.4, 0.5) is 0 Å². The molecule has 0 saturated carbocycles. The highest BCUT2D eigenvalue weighted by atomic mass is 35.5. The van der Waals surface area contributed by atoms with Gasteiger partial charge in [-0.3, -0.25) is 4.40 Å². The van der Waals surface area contributed by atoms with Crippen molar-refractivity contribution in [1.82, 2.24) is 9.38 Å². The molecule has 1 aromatic carbocycles. The minimum Gasteiger partial charge on any atom is -0.478 e. The van der Waals surface area contributed by atoms with Crippen LogP contribution in [0.15, 0.2) is 51.3 Å². The molecule has 7 heteroatoms. The van der Waals surface area contributed by atoms with Gasteiger partial charge in [0.25, 0.3) is 0 Å². The Kier molecular flexibility index (Phi) is 4.24. The minimum atomic E-state index is -0.937. The van der Waals surface area contributed by atoms with Crippen LogP contribution in [0.5, 0.6) is 0 Å². The average molecular weight is 351 g/mol. The summed E-state index contributed by atoms with van der Waals surface area (Å²) in [6, 6.07) is 7.47. The summed E-state index contributed by atoms with van der Waals surface area (Å²) in [5.41, 5.74) is 1.04. The quantitative estimate of drug-likeness (QED) is 0.693. The lowest BCUT2D eigenvalue weighted by Gasteiger charge is -2.01. The first kappa shape index (κ1) is 15.1. The van der Waals surface area contributed by atoms with E-state index in [0.717, 1.165) is 20.6 Å². The number of carboxylic acid groups (broad SMARTS) is 1.